The standard InChI is InChI=1S/C24H25N7O3S/c1-13(14-2-4-18(5-3-14)35(25,32)33)28-24-30-20-7-6-19(21-11-26-12-27-21)29-22(20)23(31-24)34-17-9-15-8-16(15)10-17/h2-7,11-13,15-17H,8-10H2,1H3,(H,26,27)(H2,25,32,33)(H,28,30,31)/t13-,15-,16+,17+/m1/s1. The van der Waals surface area contributed by atoms with E-state index in [2.05, 4.69) is 20.3 Å². The molecule has 0 unspecified atom stereocenters. The fraction of sp³-hybridized carbons (Fsp3) is 0.333. The average Bonchev–Trinajstić information content (AvgIpc) is 3.21. The molecular formula is C24H25N7O3S. The first-order chi connectivity index (χ1) is 16.8. The number of ether oxygens (including phenoxy) is 1. The molecule has 0 spiro atoms. The summed E-state index contributed by atoms with van der Waals surface area (Å²) in [6.45, 7) is 1.95. The highest BCUT2D eigenvalue weighted by Crippen LogP contribution is 2.52. The van der Waals surface area contributed by atoms with Crippen molar-refractivity contribution < 1.29 is 13.2 Å². The van der Waals surface area contributed by atoms with Gasteiger partial charge in [-0.3, -0.25) is 0 Å². The number of hydrogen-bond donors (Lipinski definition) is 3. The fourth-order valence-electron chi connectivity index (χ4n) is 4.81. The third-order valence-electron chi connectivity index (χ3n) is 6.80. The maximum absolute atomic E-state index is 11.5. The van der Waals surface area contributed by atoms with Gasteiger partial charge < -0.3 is 15.0 Å². The molecule has 2 saturated carbocycles. The number of nitrogens with two attached hydrogens (primary N) is 1. The van der Waals surface area contributed by atoms with Crippen molar-refractivity contribution in [3.05, 3.63) is 54.5 Å². The summed E-state index contributed by atoms with van der Waals surface area (Å²) in [5.74, 6) is 2.42. The Hall–Kier alpha value is -3.57. The van der Waals surface area contributed by atoms with Crippen molar-refractivity contribution >= 4 is 27.0 Å². The van der Waals surface area contributed by atoms with Gasteiger partial charge in [0.25, 0.3) is 0 Å². The first-order valence-corrected chi connectivity index (χ1v) is 13.1. The summed E-state index contributed by atoms with van der Waals surface area (Å²) >= 11 is 0. The van der Waals surface area contributed by atoms with Crippen molar-refractivity contribution in [3.8, 4) is 17.3 Å². The second kappa shape index (κ2) is 8.28. The minimum Gasteiger partial charge on any atom is -0.473 e. The lowest BCUT2D eigenvalue weighted by Crippen LogP contribution is -2.17. The summed E-state index contributed by atoms with van der Waals surface area (Å²) in [6.07, 6.45) is 6.93. The number of rotatable bonds is 7. The van der Waals surface area contributed by atoms with Gasteiger partial charge in [-0.15, -0.1) is 0 Å². The smallest absolute Gasteiger partial charge is 0.245 e. The van der Waals surface area contributed by atoms with Gasteiger partial charge in [0.15, 0.2) is 5.52 Å². The van der Waals surface area contributed by atoms with Crippen molar-refractivity contribution in [2.24, 2.45) is 17.0 Å². The zero-order chi connectivity index (χ0) is 24.2. The van der Waals surface area contributed by atoms with Crippen molar-refractivity contribution in [3.63, 3.8) is 0 Å². The zero-order valence-corrected chi connectivity index (χ0v) is 19.9. The SMILES string of the molecule is C[C@@H](Nc1nc(O[C@@H]2C[C@@H]3C[C@@H]3C2)c2nc(-c3c[nH]cn3)ccc2n1)c1ccc(S(N)(=O)=O)cc1. The molecule has 11 heteroatoms. The van der Waals surface area contributed by atoms with Crippen LogP contribution >= 0.6 is 0 Å². The van der Waals surface area contributed by atoms with Crippen LogP contribution in [0.2, 0.25) is 0 Å². The lowest BCUT2D eigenvalue weighted by atomic mass is 10.1. The molecule has 1 aromatic carbocycles. The van der Waals surface area contributed by atoms with Gasteiger partial charge in [-0.05, 0) is 67.9 Å². The summed E-state index contributed by atoms with van der Waals surface area (Å²) in [7, 11) is -3.74. The van der Waals surface area contributed by atoms with Crippen LogP contribution in [0, 0.1) is 11.8 Å². The molecule has 3 heterocycles. The number of fused-ring (bicyclic) bond motifs is 2. The number of nitrogens with zero attached hydrogens (tertiary/aromatic N) is 4. The van der Waals surface area contributed by atoms with Crippen LogP contribution in [0.4, 0.5) is 5.95 Å². The summed E-state index contributed by atoms with van der Waals surface area (Å²) in [4.78, 5) is 21.5. The molecule has 0 saturated heterocycles. The van der Waals surface area contributed by atoms with Gasteiger partial charge in [0.05, 0.1) is 28.5 Å². The topological polar surface area (TPSA) is 149 Å². The van der Waals surface area contributed by atoms with Crippen LogP contribution in [-0.2, 0) is 10.0 Å². The number of aromatic nitrogens is 5. The Kier molecular flexibility index (Phi) is 5.19. The Balaban J connectivity index is 1.32. The van der Waals surface area contributed by atoms with Crippen molar-refractivity contribution in [2.45, 2.75) is 43.2 Å². The maximum atomic E-state index is 11.5. The Bertz CT molecular complexity index is 1480. The molecule has 0 amide bonds. The van der Waals surface area contributed by atoms with E-state index in [1.807, 2.05) is 19.1 Å². The molecule has 0 aliphatic heterocycles. The summed E-state index contributed by atoms with van der Waals surface area (Å²) < 4.78 is 29.5. The highest BCUT2D eigenvalue weighted by atomic mass is 32.2. The number of sulfonamides is 1. The molecule has 2 fully saturated rings. The van der Waals surface area contributed by atoms with E-state index < -0.39 is 10.0 Å². The summed E-state index contributed by atoms with van der Waals surface area (Å²) in [5, 5.41) is 8.51. The van der Waals surface area contributed by atoms with Crippen LogP contribution in [0.25, 0.3) is 22.4 Å². The monoisotopic (exact) mass is 491 g/mol. The minimum absolute atomic E-state index is 0.0690. The van der Waals surface area contributed by atoms with E-state index >= 15 is 0 Å². The molecule has 0 bridgehead atoms. The lowest BCUT2D eigenvalue weighted by molar-refractivity contribution is 0.189. The van der Waals surface area contributed by atoms with E-state index in [4.69, 9.17) is 19.8 Å². The second-order valence-corrected chi connectivity index (χ2v) is 10.9. The van der Waals surface area contributed by atoms with Crippen LogP contribution in [0.5, 0.6) is 5.88 Å². The van der Waals surface area contributed by atoms with Gasteiger partial charge in [0.2, 0.25) is 21.9 Å². The van der Waals surface area contributed by atoms with E-state index in [1.54, 1.807) is 24.7 Å². The van der Waals surface area contributed by atoms with Crippen LogP contribution in [0.1, 0.15) is 37.8 Å². The molecule has 180 valence electrons. The van der Waals surface area contributed by atoms with Crippen molar-refractivity contribution in [1.29, 1.82) is 0 Å². The molecule has 4 atom stereocenters. The summed E-state index contributed by atoms with van der Waals surface area (Å²) in [5.41, 5.74) is 3.58. The van der Waals surface area contributed by atoms with E-state index in [9.17, 15) is 8.42 Å². The van der Waals surface area contributed by atoms with Crippen LogP contribution in [0.15, 0.2) is 53.8 Å². The summed E-state index contributed by atoms with van der Waals surface area (Å²) in [6, 6.07) is 10.00. The minimum atomic E-state index is -3.74. The number of nitrogens with one attached hydrogen (secondary N) is 2. The number of pyridine rings is 1. The van der Waals surface area contributed by atoms with E-state index in [0.717, 1.165) is 35.9 Å². The molecule has 2 aliphatic rings. The molecule has 2 aliphatic carbocycles. The van der Waals surface area contributed by atoms with Crippen LogP contribution < -0.4 is 15.2 Å². The van der Waals surface area contributed by atoms with Gasteiger partial charge in [-0.1, -0.05) is 12.1 Å². The van der Waals surface area contributed by atoms with Crippen LogP contribution in [0.3, 0.4) is 0 Å². The van der Waals surface area contributed by atoms with Gasteiger partial charge in [-0.25, -0.2) is 28.5 Å². The number of H-pyrrole nitrogens is 1. The average molecular weight is 492 g/mol. The Morgan fingerprint density at radius 1 is 1.03 bits per heavy atom. The maximum Gasteiger partial charge on any atom is 0.245 e. The van der Waals surface area contributed by atoms with E-state index in [1.165, 1.54) is 18.6 Å². The quantitative estimate of drug-likeness (QED) is 0.356. The van der Waals surface area contributed by atoms with E-state index in [-0.39, 0.29) is 17.0 Å². The molecule has 35 heavy (non-hydrogen) atoms. The van der Waals surface area contributed by atoms with Crippen molar-refractivity contribution in [1.82, 2.24) is 24.9 Å². The van der Waals surface area contributed by atoms with Crippen molar-refractivity contribution in [2.75, 3.05) is 5.32 Å². The predicted molar refractivity (Wildman–Crippen MR) is 130 cm³/mol. The van der Waals surface area contributed by atoms with Crippen LogP contribution in [-0.4, -0.2) is 39.4 Å². The Morgan fingerprint density at radius 2 is 1.80 bits per heavy atom. The van der Waals surface area contributed by atoms with Gasteiger partial charge >= 0.3 is 0 Å². The molecule has 0 radical (unpaired) electrons. The number of aromatic amines is 1. The third-order valence-corrected chi connectivity index (χ3v) is 7.73. The first-order valence-electron chi connectivity index (χ1n) is 11.6. The van der Waals surface area contributed by atoms with Gasteiger partial charge in [0.1, 0.15) is 11.8 Å². The molecule has 4 N–H and O–H groups in total. The largest absolute Gasteiger partial charge is 0.473 e. The lowest BCUT2D eigenvalue weighted by Gasteiger charge is -2.18. The molecule has 3 aromatic heterocycles. The Labute approximate surface area is 202 Å². The number of anilines is 1. The normalized spacial score (nSPS) is 22.1. The molecule has 10 nitrogen and oxygen atoms in total. The number of benzene rings is 1. The third kappa shape index (κ3) is 4.44. The molecular weight excluding hydrogens is 466 g/mol. The second-order valence-electron chi connectivity index (χ2n) is 9.32. The highest BCUT2D eigenvalue weighted by Gasteiger charge is 2.47. The first kappa shape index (κ1) is 21.9. The number of imidazole rings is 1. The number of hydrogen-bond acceptors (Lipinski definition) is 8. The Morgan fingerprint density at radius 3 is 2.49 bits per heavy atom. The number of primary sulfonamides is 1. The fourth-order valence-corrected chi connectivity index (χ4v) is 5.33. The van der Waals surface area contributed by atoms with E-state index in [0.29, 0.717) is 28.6 Å². The van der Waals surface area contributed by atoms with Gasteiger partial charge in [0, 0.05) is 6.20 Å². The zero-order valence-electron chi connectivity index (χ0n) is 19.0. The van der Waals surface area contributed by atoms with Gasteiger partial charge in [-0.2, -0.15) is 4.98 Å². The highest BCUT2D eigenvalue weighted by molar-refractivity contribution is 7.89. The molecule has 6 rings (SSSR count). The predicted octanol–water partition coefficient (Wildman–Crippen LogP) is 3.41. The molecule has 4 aromatic rings.